The van der Waals surface area contributed by atoms with E-state index in [-0.39, 0.29) is 0 Å². The summed E-state index contributed by atoms with van der Waals surface area (Å²) in [5.41, 5.74) is 13.5. The minimum atomic E-state index is 0.861. The Balaban J connectivity index is 0.974. The molecule has 0 aliphatic heterocycles. The van der Waals surface area contributed by atoms with Crippen LogP contribution in [0, 0.1) is 0 Å². The topological polar surface area (TPSA) is 43.6 Å². The third kappa shape index (κ3) is 4.27. The van der Waals surface area contributed by atoms with Gasteiger partial charge in [-0.25, -0.2) is 4.98 Å². The van der Waals surface area contributed by atoms with E-state index in [9.17, 15) is 0 Å². The number of rotatable bonds is 4. The zero-order valence-electron chi connectivity index (χ0n) is 25.2. The lowest BCUT2D eigenvalue weighted by atomic mass is 9.98. The van der Waals surface area contributed by atoms with E-state index in [1.54, 1.807) is 0 Å². The third-order valence-corrected chi connectivity index (χ3v) is 9.26. The van der Waals surface area contributed by atoms with Crippen LogP contribution in [0.25, 0.3) is 94.2 Å². The van der Waals surface area contributed by atoms with Crippen LogP contribution in [0.2, 0.25) is 0 Å². The van der Waals surface area contributed by atoms with Crippen LogP contribution in [0.1, 0.15) is 0 Å². The Morgan fingerprint density at radius 3 is 1.43 bits per heavy atom. The summed E-state index contributed by atoms with van der Waals surface area (Å²) in [6.45, 7) is 0. The van der Waals surface area contributed by atoms with Crippen molar-refractivity contribution >= 4 is 49.5 Å². The lowest BCUT2D eigenvalue weighted by Crippen LogP contribution is -1.82. The maximum atomic E-state index is 6.37. The maximum Gasteiger partial charge on any atom is 0.137 e. The van der Waals surface area contributed by atoms with Crippen molar-refractivity contribution in [2.24, 2.45) is 0 Å². The van der Waals surface area contributed by atoms with Gasteiger partial charge in [0.1, 0.15) is 28.0 Å². The highest BCUT2D eigenvalue weighted by Crippen LogP contribution is 2.39. The number of imidazole rings is 1. The third-order valence-electron chi connectivity index (χ3n) is 9.26. The summed E-state index contributed by atoms with van der Waals surface area (Å²) in [7, 11) is 0. The van der Waals surface area contributed by atoms with Crippen molar-refractivity contribution in [1.82, 2.24) is 9.38 Å². The number of furan rings is 2. The van der Waals surface area contributed by atoms with Gasteiger partial charge in [0.2, 0.25) is 0 Å². The molecule has 0 N–H and O–H groups in total. The molecule has 4 heterocycles. The molecular formula is C43H26N2O2. The van der Waals surface area contributed by atoms with E-state index in [2.05, 4.69) is 128 Å². The molecule has 0 atom stereocenters. The summed E-state index contributed by atoms with van der Waals surface area (Å²) in [5.74, 6) is 0. The molecule has 220 valence electrons. The van der Waals surface area contributed by atoms with Crippen LogP contribution in [-0.2, 0) is 0 Å². The first-order valence-electron chi connectivity index (χ1n) is 15.8. The standard InChI is InChI=1S/C43H26N2O2/c1-2-6-27(7-3-1)32-17-19-39-34(22-32)36-24-42-37(25-41(36)46-39)35-23-33(18-20-40(35)47-42)30-11-9-28(10-12-30)29-13-15-31(16-14-29)38-26-45-21-5-4-8-43(45)44-38/h1-26H. The normalized spacial score (nSPS) is 11.8. The van der Waals surface area contributed by atoms with Crippen LogP contribution >= 0.6 is 0 Å². The SMILES string of the molecule is c1ccc(-c2ccc3oc4cc5c(cc4c3c2)oc2ccc(-c3ccc(-c4ccc(-c6cn7ccccc7n6)cc4)cc3)cc25)cc1. The molecule has 4 heteroatoms. The second-order valence-electron chi connectivity index (χ2n) is 12.1. The quantitative estimate of drug-likeness (QED) is 0.201. The van der Waals surface area contributed by atoms with Gasteiger partial charge in [0.05, 0.1) is 5.69 Å². The molecule has 4 nitrogen and oxygen atoms in total. The van der Waals surface area contributed by atoms with Crippen molar-refractivity contribution in [3.05, 3.63) is 158 Å². The van der Waals surface area contributed by atoms with Gasteiger partial charge >= 0.3 is 0 Å². The first kappa shape index (κ1) is 25.9. The molecule has 6 aromatic carbocycles. The molecule has 0 aliphatic carbocycles. The highest BCUT2D eigenvalue weighted by molar-refractivity contribution is 6.15. The highest BCUT2D eigenvalue weighted by Gasteiger charge is 2.15. The van der Waals surface area contributed by atoms with Crippen molar-refractivity contribution in [2.75, 3.05) is 0 Å². The first-order valence-corrected chi connectivity index (χ1v) is 15.8. The summed E-state index contributed by atoms with van der Waals surface area (Å²) in [6, 6.07) is 50.9. The Kier molecular flexibility index (Phi) is 5.54. The van der Waals surface area contributed by atoms with Gasteiger partial charge in [-0.2, -0.15) is 0 Å². The summed E-state index contributed by atoms with van der Waals surface area (Å²) in [6.07, 6.45) is 4.09. The minimum Gasteiger partial charge on any atom is -0.456 e. The highest BCUT2D eigenvalue weighted by atomic mass is 16.3. The molecule has 4 aromatic heterocycles. The second-order valence-corrected chi connectivity index (χ2v) is 12.1. The van der Waals surface area contributed by atoms with Gasteiger partial charge in [0, 0.05) is 39.5 Å². The Bertz CT molecular complexity index is 2730. The molecule has 0 aliphatic rings. The number of pyridine rings is 1. The second kappa shape index (κ2) is 10.1. The van der Waals surface area contributed by atoms with Crippen molar-refractivity contribution in [1.29, 1.82) is 0 Å². The first-order chi connectivity index (χ1) is 23.2. The van der Waals surface area contributed by atoms with Gasteiger partial charge in [0.25, 0.3) is 0 Å². The largest absolute Gasteiger partial charge is 0.456 e. The fourth-order valence-corrected chi connectivity index (χ4v) is 6.80. The summed E-state index contributed by atoms with van der Waals surface area (Å²) >= 11 is 0. The smallest absolute Gasteiger partial charge is 0.137 e. The Labute approximate surface area is 269 Å². The summed E-state index contributed by atoms with van der Waals surface area (Å²) in [5, 5.41) is 4.29. The van der Waals surface area contributed by atoms with Crippen LogP contribution in [0.3, 0.4) is 0 Å². The van der Waals surface area contributed by atoms with Gasteiger partial charge in [-0.15, -0.1) is 0 Å². The molecule has 0 spiro atoms. The number of hydrogen-bond acceptors (Lipinski definition) is 3. The average Bonchev–Trinajstić information content (AvgIpc) is 3.83. The molecule has 10 rings (SSSR count). The monoisotopic (exact) mass is 602 g/mol. The van der Waals surface area contributed by atoms with E-state index in [1.165, 1.54) is 22.3 Å². The maximum absolute atomic E-state index is 6.37. The predicted molar refractivity (Wildman–Crippen MR) is 191 cm³/mol. The molecule has 0 fully saturated rings. The van der Waals surface area contributed by atoms with Crippen LogP contribution in [-0.4, -0.2) is 9.38 Å². The fraction of sp³-hybridized carbons (Fsp3) is 0. The van der Waals surface area contributed by atoms with Crippen molar-refractivity contribution in [2.45, 2.75) is 0 Å². The lowest BCUT2D eigenvalue weighted by Gasteiger charge is -2.06. The fourth-order valence-electron chi connectivity index (χ4n) is 6.80. The zero-order valence-corrected chi connectivity index (χ0v) is 25.2. The van der Waals surface area contributed by atoms with Crippen molar-refractivity contribution in [3.8, 4) is 44.6 Å². The lowest BCUT2D eigenvalue weighted by molar-refractivity contribution is 0.664. The predicted octanol–water partition coefficient (Wildman–Crippen LogP) is 11.8. The molecule has 0 saturated carbocycles. The summed E-state index contributed by atoms with van der Waals surface area (Å²) in [4.78, 5) is 4.76. The average molecular weight is 603 g/mol. The number of hydrogen-bond donors (Lipinski definition) is 0. The van der Waals surface area contributed by atoms with Crippen LogP contribution in [0.5, 0.6) is 0 Å². The molecule has 0 radical (unpaired) electrons. The number of aromatic nitrogens is 2. The van der Waals surface area contributed by atoms with Gasteiger partial charge in [-0.05, 0) is 81.9 Å². The molecule has 0 bridgehead atoms. The molecule has 0 amide bonds. The minimum absolute atomic E-state index is 0.861. The van der Waals surface area contributed by atoms with Gasteiger partial charge < -0.3 is 13.2 Å². The van der Waals surface area contributed by atoms with E-state index < -0.39 is 0 Å². The van der Waals surface area contributed by atoms with E-state index in [0.29, 0.717) is 0 Å². The van der Waals surface area contributed by atoms with Gasteiger partial charge in [-0.1, -0.05) is 97.1 Å². The number of fused-ring (bicyclic) bond motifs is 7. The molecular weight excluding hydrogens is 576 g/mol. The Hall–Kier alpha value is -6.39. The van der Waals surface area contributed by atoms with E-state index in [1.807, 2.05) is 34.9 Å². The number of nitrogens with zero attached hydrogens (tertiary/aromatic N) is 2. The van der Waals surface area contributed by atoms with Crippen molar-refractivity contribution in [3.63, 3.8) is 0 Å². The van der Waals surface area contributed by atoms with E-state index in [0.717, 1.165) is 71.9 Å². The summed E-state index contributed by atoms with van der Waals surface area (Å²) < 4.78 is 14.8. The number of benzene rings is 6. The van der Waals surface area contributed by atoms with Gasteiger partial charge in [0.15, 0.2) is 0 Å². The molecule has 10 aromatic rings. The molecule has 47 heavy (non-hydrogen) atoms. The van der Waals surface area contributed by atoms with Crippen LogP contribution in [0.15, 0.2) is 167 Å². The van der Waals surface area contributed by atoms with Crippen LogP contribution in [0.4, 0.5) is 0 Å². The van der Waals surface area contributed by atoms with Crippen LogP contribution < -0.4 is 0 Å². The zero-order chi connectivity index (χ0) is 30.9. The van der Waals surface area contributed by atoms with Gasteiger partial charge in [-0.3, -0.25) is 0 Å². The Morgan fingerprint density at radius 2 is 0.851 bits per heavy atom. The van der Waals surface area contributed by atoms with E-state index in [4.69, 9.17) is 13.8 Å². The Morgan fingerprint density at radius 1 is 0.383 bits per heavy atom. The van der Waals surface area contributed by atoms with Crippen molar-refractivity contribution < 1.29 is 8.83 Å². The molecule has 0 unspecified atom stereocenters. The van der Waals surface area contributed by atoms with E-state index >= 15 is 0 Å². The molecule has 0 saturated heterocycles.